The molecule has 1 saturated carbocycles. The molecule has 0 aromatic carbocycles. The van der Waals surface area contributed by atoms with E-state index in [4.69, 9.17) is 4.74 Å². The monoisotopic (exact) mass is 196 g/mol. The summed E-state index contributed by atoms with van der Waals surface area (Å²) in [7, 11) is 0. The van der Waals surface area contributed by atoms with E-state index in [1.165, 1.54) is 18.9 Å². The summed E-state index contributed by atoms with van der Waals surface area (Å²) in [5, 5.41) is 0. The van der Waals surface area contributed by atoms with E-state index >= 15 is 0 Å². The number of allylic oxidation sites excluding steroid dienone is 1. The summed E-state index contributed by atoms with van der Waals surface area (Å²) < 4.78 is 5.30. The zero-order chi connectivity index (χ0) is 10.7. The highest BCUT2D eigenvalue weighted by molar-refractivity contribution is 5.66. The maximum Gasteiger partial charge on any atom is 0.302 e. The Balaban J connectivity index is 2.61. The van der Waals surface area contributed by atoms with Crippen molar-refractivity contribution in [1.82, 2.24) is 0 Å². The smallest absolute Gasteiger partial charge is 0.302 e. The molecule has 1 aliphatic rings. The Morgan fingerprint density at radius 1 is 1.36 bits per heavy atom. The first kappa shape index (κ1) is 11.3. The van der Waals surface area contributed by atoms with Gasteiger partial charge in [0.1, 0.15) is 6.10 Å². The molecule has 1 fully saturated rings. The highest BCUT2D eigenvalue weighted by Crippen LogP contribution is 2.35. The largest absolute Gasteiger partial charge is 0.462 e. The lowest BCUT2D eigenvalue weighted by Crippen LogP contribution is -2.34. The third-order valence-corrected chi connectivity index (χ3v) is 3.18. The lowest BCUT2D eigenvalue weighted by atomic mass is 9.75. The minimum atomic E-state index is -0.163. The quantitative estimate of drug-likeness (QED) is 0.501. The zero-order valence-corrected chi connectivity index (χ0v) is 9.38. The first-order valence-electron chi connectivity index (χ1n) is 5.35. The maximum absolute atomic E-state index is 10.9. The Morgan fingerprint density at radius 2 is 2.00 bits per heavy atom. The maximum atomic E-state index is 10.9. The second-order valence-electron chi connectivity index (χ2n) is 4.39. The van der Waals surface area contributed by atoms with Crippen LogP contribution in [0.5, 0.6) is 0 Å². The van der Waals surface area contributed by atoms with Crippen LogP contribution in [0.15, 0.2) is 12.2 Å². The molecule has 14 heavy (non-hydrogen) atoms. The molecular weight excluding hydrogens is 176 g/mol. The standard InChI is InChI=1S/C12H20O2/c1-8(2)11-6-5-7-12(9(11)3)14-10(4)13/h9,11-12H,1,5-7H2,2-4H3. The van der Waals surface area contributed by atoms with Gasteiger partial charge in [-0.05, 0) is 38.0 Å². The molecule has 1 aliphatic carbocycles. The van der Waals surface area contributed by atoms with E-state index in [1.54, 1.807) is 0 Å². The molecule has 0 bridgehead atoms. The summed E-state index contributed by atoms with van der Waals surface area (Å²) >= 11 is 0. The summed E-state index contributed by atoms with van der Waals surface area (Å²) in [5.41, 5.74) is 1.22. The molecule has 0 saturated heterocycles. The van der Waals surface area contributed by atoms with Crippen molar-refractivity contribution >= 4 is 5.97 Å². The third kappa shape index (κ3) is 2.60. The van der Waals surface area contributed by atoms with Crippen molar-refractivity contribution in [3.05, 3.63) is 12.2 Å². The molecule has 2 nitrogen and oxygen atoms in total. The van der Waals surface area contributed by atoms with Crippen molar-refractivity contribution < 1.29 is 9.53 Å². The van der Waals surface area contributed by atoms with Crippen molar-refractivity contribution in [2.24, 2.45) is 11.8 Å². The van der Waals surface area contributed by atoms with Gasteiger partial charge < -0.3 is 4.74 Å². The van der Waals surface area contributed by atoms with Crippen LogP contribution in [0.1, 0.15) is 40.0 Å². The lowest BCUT2D eigenvalue weighted by Gasteiger charge is -2.35. The van der Waals surface area contributed by atoms with Gasteiger partial charge in [0, 0.05) is 6.92 Å². The van der Waals surface area contributed by atoms with Crippen LogP contribution in [-0.4, -0.2) is 12.1 Å². The molecule has 3 atom stereocenters. The Bertz CT molecular complexity index is 232. The van der Waals surface area contributed by atoms with Crippen LogP contribution in [0.4, 0.5) is 0 Å². The summed E-state index contributed by atoms with van der Waals surface area (Å²) in [4.78, 5) is 10.9. The molecule has 0 N–H and O–H groups in total. The van der Waals surface area contributed by atoms with Crippen LogP contribution in [0.25, 0.3) is 0 Å². The Morgan fingerprint density at radius 3 is 2.50 bits per heavy atom. The molecule has 0 heterocycles. The number of carbonyl (C=O) groups excluding carboxylic acids is 1. The Labute approximate surface area is 86.3 Å². The van der Waals surface area contributed by atoms with Crippen LogP contribution < -0.4 is 0 Å². The van der Waals surface area contributed by atoms with E-state index < -0.39 is 0 Å². The molecule has 3 unspecified atom stereocenters. The molecule has 2 heteroatoms. The van der Waals surface area contributed by atoms with Gasteiger partial charge in [-0.25, -0.2) is 0 Å². The summed E-state index contributed by atoms with van der Waals surface area (Å²) in [5.74, 6) is 0.780. The molecule has 0 amide bonds. The molecular formula is C12H20O2. The fourth-order valence-corrected chi connectivity index (χ4v) is 2.40. The van der Waals surface area contributed by atoms with Crippen molar-refractivity contribution in [3.8, 4) is 0 Å². The van der Waals surface area contributed by atoms with E-state index in [0.29, 0.717) is 11.8 Å². The van der Waals surface area contributed by atoms with Crippen LogP contribution in [0.3, 0.4) is 0 Å². The van der Waals surface area contributed by atoms with E-state index in [1.807, 2.05) is 0 Å². The molecule has 0 aliphatic heterocycles. The first-order valence-corrected chi connectivity index (χ1v) is 5.35. The van der Waals surface area contributed by atoms with Gasteiger partial charge in [0.15, 0.2) is 0 Å². The molecule has 80 valence electrons. The van der Waals surface area contributed by atoms with Gasteiger partial charge in [-0.1, -0.05) is 19.1 Å². The lowest BCUT2D eigenvalue weighted by molar-refractivity contribution is -0.151. The fourth-order valence-electron chi connectivity index (χ4n) is 2.40. The number of hydrogen-bond acceptors (Lipinski definition) is 2. The van der Waals surface area contributed by atoms with Gasteiger partial charge in [-0.2, -0.15) is 0 Å². The van der Waals surface area contributed by atoms with Gasteiger partial charge in [0.25, 0.3) is 0 Å². The number of hydrogen-bond donors (Lipinski definition) is 0. The molecule has 0 aromatic rings. The van der Waals surface area contributed by atoms with Crippen molar-refractivity contribution in [2.45, 2.75) is 46.1 Å². The van der Waals surface area contributed by atoms with Gasteiger partial charge in [-0.3, -0.25) is 4.79 Å². The van der Waals surface area contributed by atoms with Gasteiger partial charge >= 0.3 is 5.97 Å². The summed E-state index contributed by atoms with van der Waals surface area (Å²) in [6.07, 6.45) is 3.43. The summed E-state index contributed by atoms with van der Waals surface area (Å²) in [6, 6.07) is 0. The van der Waals surface area contributed by atoms with E-state index in [-0.39, 0.29) is 12.1 Å². The SMILES string of the molecule is C=C(C)C1CCCC(OC(C)=O)C1C. The minimum absolute atomic E-state index is 0.1000. The van der Waals surface area contributed by atoms with Gasteiger partial charge in [-0.15, -0.1) is 0 Å². The third-order valence-electron chi connectivity index (χ3n) is 3.18. The van der Waals surface area contributed by atoms with Crippen molar-refractivity contribution in [3.63, 3.8) is 0 Å². The van der Waals surface area contributed by atoms with Crippen LogP contribution in [0, 0.1) is 11.8 Å². The fraction of sp³-hybridized carbons (Fsp3) is 0.750. The Hall–Kier alpha value is -0.790. The van der Waals surface area contributed by atoms with E-state index in [0.717, 1.165) is 12.8 Å². The molecule has 0 aromatic heterocycles. The van der Waals surface area contributed by atoms with Gasteiger partial charge in [0.05, 0.1) is 0 Å². The van der Waals surface area contributed by atoms with E-state index in [2.05, 4.69) is 20.4 Å². The molecule has 0 radical (unpaired) electrons. The van der Waals surface area contributed by atoms with Crippen molar-refractivity contribution in [1.29, 1.82) is 0 Å². The van der Waals surface area contributed by atoms with Crippen LogP contribution >= 0.6 is 0 Å². The number of esters is 1. The average Bonchev–Trinajstić information content (AvgIpc) is 2.07. The topological polar surface area (TPSA) is 26.3 Å². The second kappa shape index (κ2) is 4.63. The highest BCUT2D eigenvalue weighted by atomic mass is 16.5. The molecule has 1 rings (SSSR count). The number of carbonyl (C=O) groups is 1. The highest BCUT2D eigenvalue weighted by Gasteiger charge is 2.31. The van der Waals surface area contributed by atoms with Crippen LogP contribution in [-0.2, 0) is 9.53 Å². The summed E-state index contributed by atoms with van der Waals surface area (Å²) in [6.45, 7) is 9.71. The molecule has 0 spiro atoms. The first-order chi connectivity index (χ1) is 6.52. The van der Waals surface area contributed by atoms with Crippen molar-refractivity contribution in [2.75, 3.05) is 0 Å². The van der Waals surface area contributed by atoms with Crippen LogP contribution in [0.2, 0.25) is 0 Å². The zero-order valence-electron chi connectivity index (χ0n) is 9.38. The predicted molar refractivity (Wildman–Crippen MR) is 56.9 cm³/mol. The average molecular weight is 196 g/mol. The van der Waals surface area contributed by atoms with E-state index in [9.17, 15) is 4.79 Å². The predicted octanol–water partition coefficient (Wildman–Crippen LogP) is 2.93. The number of ether oxygens (including phenoxy) is 1. The normalized spacial score (nSPS) is 32.4. The van der Waals surface area contributed by atoms with Gasteiger partial charge in [0.2, 0.25) is 0 Å². The minimum Gasteiger partial charge on any atom is -0.462 e. The number of rotatable bonds is 2. The Kier molecular flexibility index (Phi) is 3.73. The second-order valence-corrected chi connectivity index (χ2v) is 4.39.